The minimum absolute atomic E-state index is 0.0610. The van der Waals surface area contributed by atoms with Gasteiger partial charge in [0.15, 0.2) is 0 Å². The third-order valence-electron chi connectivity index (χ3n) is 2.51. The first-order valence-corrected chi connectivity index (χ1v) is 4.57. The van der Waals surface area contributed by atoms with Crippen LogP contribution in [0.4, 0.5) is 0 Å². The Morgan fingerprint density at radius 2 is 2.36 bits per heavy atom. The molecule has 0 aromatic rings. The summed E-state index contributed by atoms with van der Waals surface area (Å²) >= 11 is 0. The largest absolute Gasteiger partial charge is 0.469 e. The lowest BCUT2D eigenvalue weighted by Gasteiger charge is -2.37. The van der Waals surface area contributed by atoms with Gasteiger partial charge in [-0.05, 0) is 6.92 Å². The summed E-state index contributed by atoms with van der Waals surface area (Å²) in [4.78, 5) is 24.5. The van der Waals surface area contributed by atoms with Crippen LogP contribution in [0.3, 0.4) is 0 Å². The molecule has 5 nitrogen and oxygen atoms in total. The summed E-state index contributed by atoms with van der Waals surface area (Å²) in [7, 11) is 3.06. The van der Waals surface area contributed by atoms with E-state index < -0.39 is 5.54 Å². The summed E-state index contributed by atoms with van der Waals surface area (Å²) in [5, 5.41) is 3.05. The number of esters is 1. The number of piperazine rings is 1. The summed E-state index contributed by atoms with van der Waals surface area (Å²) < 4.78 is 4.55. The fourth-order valence-corrected chi connectivity index (χ4v) is 1.60. The van der Waals surface area contributed by atoms with Gasteiger partial charge in [0, 0.05) is 20.1 Å². The van der Waals surface area contributed by atoms with Crippen molar-refractivity contribution in [1.29, 1.82) is 0 Å². The molecule has 5 heteroatoms. The molecule has 0 aromatic heterocycles. The second-order valence-corrected chi connectivity index (χ2v) is 3.74. The highest BCUT2D eigenvalue weighted by molar-refractivity contribution is 5.90. The van der Waals surface area contributed by atoms with Crippen molar-refractivity contribution in [1.82, 2.24) is 10.2 Å². The zero-order valence-electron chi connectivity index (χ0n) is 8.79. The highest BCUT2D eigenvalue weighted by atomic mass is 16.5. The van der Waals surface area contributed by atoms with Crippen LogP contribution in [0.5, 0.6) is 0 Å². The van der Waals surface area contributed by atoms with Gasteiger partial charge in [-0.1, -0.05) is 0 Å². The van der Waals surface area contributed by atoms with E-state index >= 15 is 0 Å². The Morgan fingerprint density at radius 1 is 1.71 bits per heavy atom. The number of methoxy groups -OCH3 is 1. The molecule has 1 rings (SSSR count). The van der Waals surface area contributed by atoms with Crippen LogP contribution in [0, 0.1) is 0 Å². The van der Waals surface area contributed by atoms with Gasteiger partial charge in [0.25, 0.3) is 0 Å². The highest BCUT2D eigenvalue weighted by Crippen LogP contribution is 2.16. The minimum atomic E-state index is -0.805. The number of rotatable bonds is 2. The number of carbonyl (C=O) groups excluding carboxylic acids is 2. The molecule has 0 bridgehead atoms. The van der Waals surface area contributed by atoms with Gasteiger partial charge in [0.1, 0.15) is 5.54 Å². The average molecular weight is 200 g/mol. The lowest BCUT2D eigenvalue weighted by atomic mass is 9.94. The number of likely N-dealkylation sites (N-methyl/N-ethyl adjacent to an activating group) is 1. The number of amides is 1. The lowest BCUT2D eigenvalue weighted by Crippen LogP contribution is -2.62. The third-order valence-corrected chi connectivity index (χ3v) is 2.51. The van der Waals surface area contributed by atoms with Crippen molar-refractivity contribution in [2.45, 2.75) is 18.9 Å². The van der Waals surface area contributed by atoms with E-state index in [1.54, 1.807) is 18.9 Å². The van der Waals surface area contributed by atoms with Gasteiger partial charge in [0.05, 0.1) is 13.5 Å². The first kappa shape index (κ1) is 11.0. The Morgan fingerprint density at radius 3 is 2.93 bits per heavy atom. The normalized spacial score (nSPS) is 27.6. The topological polar surface area (TPSA) is 58.6 Å². The molecule has 0 aliphatic carbocycles. The highest BCUT2D eigenvalue weighted by Gasteiger charge is 2.40. The van der Waals surface area contributed by atoms with E-state index in [1.165, 1.54) is 7.11 Å². The van der Waals surface area contributed by atoms with E-state index in [2.05, 4.69) is 10.1 Å². The molecule has 0 aromatic carbocycles. The smallest absolute Gasteiger partial charge is 0.307 e. The molecule has 1 amide bonds. The predicted octanol–water partition coefficient (Wildman–Crippen LogP) is -0.630. The fraction of sp³-hybridized carbons (Fsp3) is 0.778. The van der Waals surface area contributed by atoms with Gasteiger partial charge >= 0.3 is 5.97 Å². The summed E-state index contributed by atoms with van der Waals surface area (Å²) in [5.74, 6) is -0.433. The number of carbonyl (C=O) groups is 2. The van der Waals surface area contributed by atoms with Crippen molar-refractivity contribution in [3.8, 4) is 0 Å². The van der Waals surface area contributed by atoms with Crippen LogP contribution in [0.25, 0.3) is 0 Å². The summed E-state index contributed by atoms with van der Waals surface area (Å²) in [6.07, 6.45) is 0.0761. The maximum Gasteiger partial charge on any atom is 0.307 e. The molecule has 0 saturated carbocycles. The Bertz CT molecular complexity index is 254. The summed E-state index contributed by atoms with van der Waals surface area (Å²) in [6.45, 7) is 3.10. The molecule has 80 valence electrons. The Hall–Kier alpha value is -1.10. The molecule has 1 fully saturated rings. The van der Waals surface area contributed by atoms with Crippen molar-refractivity contribution in [3.05, 3.63) is 0 Å². The first-order valence-electron chi connectivity index (χ1n) is 4.57. The molecular weight excluding hydrogens is 184 g/mol. The van der Waals surface area contributed by atoms with Gasteiger partial charge in [-0.2, -0.15) is 0 Å². The number of hydrogen-bond acceptors (Lipinski definition) is 4. The van der Waals surface area contributed by atoms with Gasteiger partial charge in [-0.25, -0.2) is 0 Å². The molecule has 1 aliphatic rings. The average Bonchev–Trinajstić information content (AvgIpc) is 2.14. The number of nitrogens with zero attached hydrogens (tertiary/aromatic N) is 1. The number of nitrogens with one attached hydrogen (secondary N) is 1. The van der Waals surface area contributed by atoms with E-state index in [1.807, 2.05) is 0 Å². The molecule has 1 atom stereocenters. The maximum atomic E-state index is 11.8. The van der Waals surface area contributed by atoms with Crippen LogP contribution < -0.4 is 5.32 Å². The van der Waals surface area contributed by atoms with Crippen molar-refractivity contribution in [2.75, 3.05) is 27.2 Å². The second-order valence-electron chi connectivity index (χ2n) is 3.74. The van der Waals surface area contributed by atoms with Gasteiger partial charge < -0.3 is 15.0 Å². The van der Waals surface area contributed by atoms with Crippen molar-refractivity contribution in [2.24, 2.45) is 0 Å². The van der Waals surface area contributed by atoms with Gasteiger partial charge in [-0.15, -0.1) is 0 Å². The van der Waals surface area contributed by atoms with Gasteiger partial charge in [-0.3, -0.25) is 9.59 Å². The maximum absolute atomic E-state index is 11.8. The molecule has 0 spiro atoms. The molecule has 1 heterocycles. The predicted molar refractivity (Wildman–Crippen MR) is 50.7 cm³/mol. The van der Waals surface area contributed by atoms with Crippen LogP contribution in [-0.2, 0) is 14.3 Å². The molecule has 0 radical (unpaired) electrons. The van der Waals surface area contributed by atoms with Crippen molar-refractivity contribution in [3.63, 3.8) is 0 Å². The number of hydrogen-bond donors (Lipinski definition) is 1. The molecule has 1 aliphatic heterocycles. The fourth-order valence-electron chi connectivity index (χ4n) is 1.60. The Balaban J connectivity index is 2.71. The molecule has 1 saturated heterocycles. The molecular formula is C9H16N2O3. The zero-order chi connectivity index (χ0) is 10.8. The van der Waals surface area contributed by atoms with E-state index in [0.717, 1.165) is 0 Å². The molecule has 1 N–H and O–H groups in total. The van der Waals surface area contributed by atoms with Crippen LogP contribution in [0.2, 0.25) is 0 Å². The van der Waals surface area contributed by atoms with Crippen LogP contribution in [0.15, 0.2) is 0 Å². The van der Waals surface area contributed by atoms with Gasteiger partial charge in [0.2, 0.25) is 5.91 Å². The van der Waals surface area contributed by atoms with Crippen molar-refractivity contribution >= 4 is 11.9 Å². The van der Waals surface area contributed by atoms with E-state index in [-0.39, 0.29) is 18.3 Å². The lowest BCUT2D eigenvalue weighted by molar-refractivity contribution is -0.149. The van der Waals surface area contributed by atoms with Crippen LogP contribution >= 0.6 is 0 Å². The Labute approximate surface area is 83.4 Å². The second kappa shape index (κ2) is 3.96. The zero-order valence-corrected chi connectivity index (χ0v) is 8.79. The standard InChI is InChI=1S/C9H16N2O3/c1-9(6-7(12)14-3)8(13)11(2)5-4-10-9/h10H,4-6H2,1-3H3. The third kappa shape index (κ3) is 2.04. The van der Waals surface area contributed by atoms with E-state index in [4.69, 9.17) is 0 Å². The number of ether oxygens (including phenoxy) is 1. The quantitative estimate of drug-likeness (QED) is 0.603. The van der Waals surface area contributed by atoms with E-state index in [0.29, 0.717) is 13.1 Å². The van der Waals surface area contributed by atoms with Crippen LogP contribution in [-0.4, -0.2) is 49.6 Å². The van der Waals surface area contributed by atoms with E-state index in [9.17, 15) is 9.59 Å². The Kier molecular flexibility index (Phi) is 3.10. The molecule has 1 unspecified atom stereocenters. The summed E-state index contributed by atoms with van der Waals surface area (Å²) in [5.41, 5.74) is -0.805. The monoisotopic (exact) mass is 200 g/mol. The SMILES string of the molecule is COC(=O)CC1(C)NCCN(C)C1=O. The van der Waals surface area contributed by atoms with Crippen LogP contribution in [0.1, 0.15) is 13.3 Å². The molecule has 14 heavy (non-hydrogen) atoms. The first-order chi connectivity index (χ1) is 6.49. The minimum Gasteiger partial charge on any atom is -0.469 e. The van der Waals surface area contributed by atoms with Crippen molar-refractivity contribution < 1.29 is 14.3 Å². The summed E-state index contributed by atoms with van der Waals surface area (Å²) in [6, 6.07) is 0.